The van der Waals surface area contributed by atoms with Gasteiger partial charge in [0.25, 0.3) is 0 Å². The van der Waals surface area contributed by atoms with Crippen LogP contribution in [0.4, 0.5) is 0 Å². The number of aliphatic hydroxyl groups excluding tert-OH is 1. The average molecular weight is 451 g/mol. The Labute approximate surface area is 193 Å². The molecule has 1 aliphatic rings. The van der Waals surface area contributed by atoms with Crippen LogP contribution in [0.3, 0.4) is 0 Å². The highest BCUT2D eigenvalue weighted by atomic mass is 16.5. The van der Waals surface area contributed by atoms with Gasteiger partial charge in [0, 0.05) is 31.6 Å². The van der Waals surface area contributed by atoms with Gasteiger partial charge < -0.3 is 24.8 Å². The summed E-state index contributed by atoms with van der Waals surface area (Å²) >= 11 is 0. The maximum atomic E-state index is 12.7. The first kappa shape index (κ1) is 23.1. The van der Waals surface area contributed by atoms with Crippen molar-refractivity contribution < 1.29 is 29.6 Å². The molecule has 1 fully saturated rings. The molecule has 0 aromatic heterocycles. The number of benzene rings is 3. The van der Waals surface area contributed by atoms with Gasteiger partial charge in [-0.05, 0) is 71.3 Å². The van der Waals surface area contributed by atoms with E-state index in [2.05, 4.69) is 0 Å². The molecule has 174 valence electrons. The van der Waals surface area contributed by atoms with Crippen LogP contribution >= 0.6 is 0 Å². The second-order valence-corrected chi connectivity index (χ2v) is 8.71. The van der Waals surface area contributed by atoms with Gasteiger partial charge in [0.15, 0.2) is 11.5 Å². The van der Waals surface area contributed by atoms with E-state index in [4.69, 9.17) is 9.47 Å². The van der Waals surface area contributed by atoms with Crippen molar-refractivity contribution in [3.8, 4) is 28.4 Å². The van der Waals surface area contributed by atoms with Gasteiger partial charge in [0.05, 0.1) is 13.2 Å². The molecule has 0 unspecified atom stereocenters. The van der Waals surface area contributed by atoms with Crippen LogP contribution in [0, 0.1) is 5.92 Å². The summed E-state index contributed by atoms with van der Waals surface area (Å²) in [6.45, 7) is 0.717. The standard InChI is InChI=1S/C27H30O6/c1-32-27-25(31)9-6-19(5-8-23(30)15-24-12-17(16-28)10-11-33-24)26(27)20-3-2-18-4-7-22(29)14-21(18)13-20/h2-4,6-7,9,13-14,17,24,28-29,31H,5,8,10-12,15-16H2,1H3/t17-,24-/m1/s1. The molecule has 0 bridgehead atoms. The van der Waals surface area contributed by atoms with Gasteiger partial charge in [0.1, 0.15) is 11.5 Å². The van der Waals surface area contributed by atoms with E-state index >= 15 is 0 Å². The lowest BCUT2D eigenvalue weighted by Gasteiger charge is -2.28. The number of phenols is 2. The van der Waals surface area contributed by atoms with E-state index in [0.29, 0.717) is 38.0 Å². The molecule has 1 saturated heterocycles. The summed E-state index contributed by atoms with van der Waals surface area (Å²) in [5.41, 5.74) is 2.48. The molecule has 4 rings (SSSR count). The van der Waals surface area contributed by atoms with Crippen molar-refractivity contribution in [2.45, 2.75) is 38.2 Å². The molecule has 3 N–H and O–H groups in total. The van der Waals surface area contributed by atoms with Crippen LogP contribution in [0.1, 0.15) is 31.2 Å². The van der Waals surface area contributed by atoms with Crippen LogP contribution in [-0.4, -0.2) is 47.5 Å². The number of carbonyl (C=O) groups excluding carboxylic acids is 1. The number of hydrogen-bond donors (Lipinski definition) is 3. The van der Waals surface area contributed by atoms with E-state index in [1.807, 2.05) is 30.3 Å². The zero-order valence-electron chi connectivity index (χ0n) is 18.8. The molecule has 6 nitrogen and oxygen atoms in total. The maximum absolute atomic E-state index is 12.7. The first-order valence-electron chi connectivity index (χ1n) is 11.3. The molecule has 0 spiro atoms. The summed E-state index contributed by atoms with van der Waals surface area (Å²) in [6, 6.07) is 14.5. The first-order valence-corrected chi connectivity index (χ1v) is 11.3. The number of aliphatic hydroxyl groups is 1. The van der Waals surface area contributed by atoms with E-state index in [0.717, 1.165) is 33.9 Å². The van der Waals surface area contributed by atoms with Gasteiger partial charge in [-0.1, -0.05) is 24.3 Å². The number of aryl methyl sites for hydroxylation is 1. The molecule has 0 aliphatic carbocycles. The molecule has 1 heterocycles. The molecule has 2 atom stereocenters. The number of carbonyl (C=O) groups is 1. The van der Waals surface area contributed by atoms with Gasteiger partial charge in [-0.15, -0.1) is 0 Å². The molecule has 6 heteroatoms. The molecule has 0 saturated carbocycles. The number of fused-ring (bicyclic) bond motifs is 1. The Morgan fingerprint density at radius 1 is 1.09 bits per heavy atom. The summed E-state index contributed by atoms with van der Waals surface area (Å²) in [7, 11) is 1.51. The largest absolute Gasteiger partial charge is 0.508 e. The lowest BCUT2D eigenvalue weighted by Crippen LogP contribution is -2.29. The van der Waals surface area contributed by atoms with Crippen molar-refractivity contribution in [3.63, 3.8) is 0 Å². The van der Waals surface area contributed by atoms with E-state index < -0.39 is 0 Å². The minimum Gasteiger partial charge on any atom is -0.508 e. The van der Waals surface area contributed by atoms with Crippen LogP contribution < -0.4 is 4.74 Å². The fourth-order valence-electron chi connectivity index (χ4n) is 4.63. The van der Waals surface area contributed by atoms with Crippen molar-refractivity contribution in [1.82, 2.24) is 0 Å². The minimum absolute atomic E-state index is 0.0317. The Hall–Kier alpha value is -3.09. The number of Topliss-reactive ketones (excluding diaryl/α,β-unsaturated/α-hetero) is 1. The lowest BCUT2D eigenvalue weighted by atomic mass is 9.91. The SMILES string of the molecule is COc1c(O)ccc(CCC(=O)C[C@H]2C[C@H](CO)CCO2)c1-c1ccc2ccc(O)cc2c1. The zero-order chi connectivity index (χ0) is 23.4. The Morgan fingerprint density at radius 3 is 2.70 bits per heavy atom. The van der Waals surface area contributed by atoms with Crippen molar-refractivity contribution in [1.29, 1.82) is 0 Å². The van der Waals surface area contributed by atoms with Gasteiger partial charge in [0.2, 0.25) is 0 Å². The zero-order valence-corrected chi connectivity index (χ0v) is 18.8. The number of hydrogen-bond acceptors (Lipinski definition) is 6. The number of rotatable bonds is 8. The minimum atomic E-state index is -0.134. The highest BCUT2D eigenvalue weighted by Crippen LogP contribution is 2.41. The second kappa shape index (κ2) is 10.2. The third-order valence-electron chi connectivity index (χ3n) is 6.40. The first-order chi connectivity index (χ1) is 16.0. The Bertz CT molecular complexity index is 1140. The van der Waals surface area contributed by atoms with Crippen LogP contribution in [-0.2, 0) is 16.0 Å². The van der Waals surface area contributed by atoms with E-state index in [-0.39, 0.29) is 35.9 Å². The molecule has 3 aromatic rings. The Morgan fingerprint density at radius 2 is 1.91 bits per heavy atom. The number of ether oxygens (including phenoxy) is 2. The van der Waals surface area contributed by atoms with E-state index in [1.54, 1.807) is 18.2 Å². The molecular formula is C27H30O6. The van der Waals surface area contributed by atoms with Crippen LogP contribution in [0.5, 0.6) is 17.2 Å². The predicted molar refractivity (Wildman–Crippen MR) is 127 cm³/mol. The monoisotopic (exact) mass is 450 g/mol. The third-order valence-corrected chi connectivity index (χ3v) is 6.40. The third kappa shape index (κ3) is 5.29. The molecular weight excluding hydrogens is 420 g/mol. The molecule has 0 radical (unpaired) electrons. The summed E-state index contributed by atoms with van der Waals surface area (Å²) in [4.78, 5) is 12.7. The smallest absolute Gasteiger partial charge is 0.168 e. The van der Waals surface area contributed by atoms with E-state index in [1.165, 1.54) is 7.11 Å². The van der Waals surface area contributed by atoms with E-state index in [9.17, 15) is 20.1 Å². The average Bonchev–Trinajstić information content (AvgIpc) is 2.82. The number of ketones is 1. The molecule has 3 aromatic carbocycles. The lowest BCUT2D eigenvalue weighted by molar-refractivity contribution is -0.123. The summed E-state index contributed by atoms with van der Waals surface area (Å²) in [5, 5.41) is 31.5. The maximum Gasteiger partial charge on any atom is 0.168 e. The van der Waals surface area contributed by atoms with Crippen LogP contribution in [0.2, 0.25) is 0 Å². The van der Waals surface area contributed by atoms with Crippen molar-refractivity contribution in [3.05, 3.63) is 54.1 Å². The van der Waals surface area contributed by atoms with Gasteiger partial charge in [-0.2, -0.15) is 0 Å². The highest BCUT2D eigenvalue weighted by Gasteiger charge is 2.24. The Kier molecular flexibility index (Phi) is 7.16. The summed E-state index contributed by atoms with van der Waals surface area (Å²) in [6.07, 6.45) is 2.60. The predicted octanol–water partition coefficient (Wildman–Crippen LogP) is 4.61. The fourth-order valence-corrected chi connectivity index (χ4v) is 4.63. The quantitative estimate of drug-likeness (QED) is 0.464. The topological polar surface area (TPSA) is 96.2 Å². The van der Waals surface area contributed by atoms with Gasteiger partial charge in [-0.25, -0.2) is 0 Å². The van der Waals surface area contributed by atoms with Gasteiger partial charge >= 0.3 is 0 Å². The van der Waals surface area contributed by atoms with Crippen LogP contribution in [0.25, 0.3) is 21.9 Å². The second-order valence-electron chi connectivity index (χ2n) is 8.71. The van der Waals surface area contributed by atoms with Crippen LogP contribution in [0.15, 0.2) is 48.5 Å². The Balaban J connectivity index is 1.57. The molecule has 0 amide bonds. The molecule has 33 heavy (non-hydrogen) atoms. The normalized spacial score (nSPS) is 18.4. The summed E-state index contributed by atoms with van der Waals surface area (Å²) < 4.78 is 11.3. The summed E-state index contributed by atoms with van der Waals surface area (Å²) in [5.74, 6) is 0.892. The number of phenolic OH excluding ortho intramolecular Hbond substituents is 2. The fraction of sp³-hybridized carbons (Fsp3) is 0.370. The highest BCUT2D eigenvalue weighted by molar-refractivity contribution is 5.90. The van der Waals surface area contributed by atoms with Crippen molar-refractivity contribution >= 4 is 16.6 Å². The number of aromatic hydroxyl groups is 2. The van der Waals surface area contributed by atoms with Gasteiger partial charge in [-0.3, -0.25) is 4.79 Å². The van der Waals surface area contributed by atoms with Crippen molar-refractivity contribution in [2.24, 2.45) is 5.92 Å². The molecule has 1 aliphatic heterocycles. The van der Waals surface area contributed by atoms with Crippen molar-refractivity contribution in [2.75, 3.05) is 20.3 Å². The number of methoxy groups -OCH3 is 1.